The fourth-order valence-corrected chi connectivity index (χ4v) is 2.10. The number of terminal acetylenes is 1. The average Bonchev–Trinajstić information content (AvgIpc) is 2.50. The van der Waals surface area contributed by atoms with Crippen molar-refractivity contribution in [3.05, 3.63) is 35.4 Å². The zero-order chi connectivity index (χ0) is 16.8. The molecule has 1 aromatic carbocycles. The number of methoxy groups -OCH3 is 1. The molecule has 22 heavy (non-hydrogen) atoms. The molecule has 0 heterocycles. The van der Waals surface area contributed by atoms with Crippen LogP contribution in [-0.4, -0.2) is 32.2 Å². The Balaban J connectivity index is 2.82. The Morgan fingerprint density at radius 2 is 2.09 bits per heavy atom. The maximum Gasteiger partial charge on any atom is 0.330 e. The van der Waals surface area contributed by atoms with Gasteiger partial charge in [0.15, 0.2) is 0 Å². The molecule has 0 aliphatic rings. The van der Waals surface area contributed by atoms with Gasteiger partial charge in [0.25, 0.3) is 0 Å². The predicted octanol–water partition coefficient (Wildman–Crippen LogP) is 3.10. The number of halogens is 2. The van der Waals surface area contributed by atoms with Crippen molar-refractivity contribution in [3.8, 4) is 12.3 Å². The molecule has 0 aliphatic carbocycles. The summed E-state index contributed by atoms with van der Waals surface area (Å²) < 4.78 is 35.6. The number of hydrogen-bond donors (Lipinski definition) is 0. The van der Waals surface area contributed by atoms with Gasteiger partial charge in [0.2, 0.25) is 0 Å². The molecule has 0 saturated carbocycles. The smallest absolute Gasteiger partial charge is 0.330 e. The molecule has 0 fully saturated rings. The summed E-state index contributed by atoms with van der Waals surface area (Å²) in [5, 5.41) is 0. The molecule has 1 atom stereocenters. The summed E-state index contributed by atoms with van der Waals surface area (Å²) in [5.74, 6) is -2.38. The highest BCUT2D eigenvalue weighted by atomic mass is 19.3. The summed E-state index contributed by atoms with van der Waals surface area (Å²) in [5.41, 5.74) is 0.783. The van der Waals surface area contributed by atoms with Gasteiger partial charge < -0.3 is 9.47 Å². The Morgan fingerprint density at radius 3 is 2.64 bits per heavy atom. The number of hydrogen-bond acceptors (Lipinski definition) is 3. The number of aryl methyl sites for hydroxylation is 1. The molecule has 3 nitrogen and oxygen atoms in total. The lowest BCUT2D eigenvalue weighted by atomic mass is 9.79. The monoisotopic (exact) mass is 310 g/mol. The molecular formula is C17H20F2O3. The van der Waals surface area contributed by atoms with E-state index in [0.29, 0.717) is 0 Å². The summed E-state index contributed by atoms with van der Waals surface area (Å²) in [6, 6.07) is 7.41. The van der Waals surface area contributed by atoms with Crippen LogP contribution in [0.2, 0.25) is 0 Å². The molecule has 1 aromatic rings. The summed E-state index contributed by atoms with van der Waals surface area (Å²) in [7, 11) is 1.30. The van der Waals surface area contributed by atoms with Crippen LogP contribution in [0.4, 0.5) is 8.78 Å². The van der Waals surface area contributed by atoms with Gasteiger partial charge in [-0.15, -0.1) is 6.42 Å². The first-order valence-corrected chi connectivity index (χ1v) is 6.84. The second-order valence-electron chi connectivity index (χ2n) is 5.34. The molecule has 5 heteroatoms. The van der Waals surface area contributed by atoms with Crippen LogP contribution in [0.25, 0.3) is 0 Å². The average molecular weight is 310 g/mol. The Kier molecular flexibility index (Phi) is 6.07. The summed E-state index contributed by atoms with van der Waals surface area (Å²) in [4.78, 5) is 12.1. The SMILES string of the molecule is C#CC(F)(F)COCCC(C)(C(=O)OC)c1cccc(C)c1. The van der Waals surface area contributed by atoms with Crippen molar-refractivity contribution in [1.82, 2.24) is 0 Å². The van der Waals surface area contributed by atoms with E-state index in [4.69, 9.17) is 15.9 Å². The van der Waals surface area contributed by atoms with Crippen molar-refractivity contribution in [2.24, 2.45) is 0 Å². The molecule has 0 aliphatic heterocycles. The summed E-state index contributed by atoms with van der Waals surface area (Å²) in [6.07, 6.45) is 4.91. The van der Waals surface area contributed by atoms with Crippen molar-refractivity contribution < 1.29 is 23.0 Å². The second-order valence-corrected chi connectivity index (χ2v) is 5.34. The Hall–Kier alpha value is -1.93. The largest absolute Gasteiger partial charge is 0.468 e. The highest BCUT2D eigenvalue weighted by Gasteiger charge is 2.36. The normalized spacial score (nSPS) is 14.0. The zero-order valence-corrected chi connectivity index (χ0v) is 13.0. The van der Waals surface area contributed by atoms with Gasteiger partial charge >= 0.3 is 11.9 Å². The number of carbonyl (C=O) groups is 1. The number of rotatable bonds is 7. The third kappa shape index (κ3) is 4.54. The van der Waals surface area contributed by atoms with E-state index < -0.39 is 23.9 Å². The van der Waals surface area contributed by atoms with Gasteiger partial charge in [0.05, 0.1) is 12.5 Å². The van der Waals surface area contributed by atoms with E-state index in [1.165, 1.54) is 13.0 Å². The second kappa shape index (κ2) is 7.37. The van der Waals surface area contributed by atoms with Gasteiger partial charge in [0.1, 0.15) is 6.61 Å². The lowest BCUT2D eigenvalue weighted by molar-refractivity contribution is -0.148. The highest BCUT2D eigenvalue weighted by Crippen LogP contribution is 2.30. The minimum atomic E-state index is -3.30. The molecule has 0 saturated heterocycles. The van der Waals surface area contributed by atoms with Gasteiger partial charge in [-0.3, -0.25) is 4.79 Å². The molecule has 0 aromatic heterocycles. The molecule has 1 unspecified atom stereocenters. The van der Waals surface area contributed by atoms with E-state index in [2.05, 4.69) is 0 Å². The highest BCUT2D eigenvalue weighted by molar-refractivity contribution is 5.82. The maximum atomic E-state index is 12.9. The van der Waals surface area contributed by atoms with E-state index in [9.17, 15) is 13.6 Å². The fourth-order valence-electron chi connectivity index (χ4n) is 2.10. The van der Waals surface area contributed by atoms with Crippen molar-refractivity contribution in [2.75, 3.05) is 20.3 Å². The van der Waals surface area contributed by atoms with Crippen molar-refractivity contribution >= 4 is 5.97 Å². The van der Waals surface area contributed by atoms with E-state index in [-0.39, 0.29) is 13.0 Å². The van der Waals surface area contributed by atoms with Gasteiger partial charge in [-0.1, -0.05) is 29.8 Å². The van der Waals surface area contributed by atoms with Crippen LogP contribution in [0.15, 0.2) is 24.3 Å². The molecule has 1 rings (SSSR count). The third-order valence-corrected chi connectivity index (χ3v) is 3.53. The first-order valence-electron chi connectivity index (χ1n) is 6.84. The van der Waals surface area contributed by atoms with Crippen LogP contribution < -0.4 is 0 Å². The fraction of sp³-hybridized carbons (Fsp3) is 0.471. The van der Waals surface area contributed by atoms with Gasteiger partial charge in [-0.2, -0.15) is 8.78 Å². The number of benzene rings is 1. The number of esters is 1. The number of carbonyl (C=O) groups excluding carboxylic acids is 1. The molecule has 0 N–H and O–H groups in total. The van der Waals surface area contributed by atoms with Crippen LogP contribution in [-0.2, 0) is 19.7 Å². The van der Waals surface area contributed by atoms with E-state index >= 15 is 0 Å². The summed E-state index contributed by atoms with van der Waals surface area (Å²) in [6.45, 7) is 2.72. The first kappa shape index (κ1) is 18.1. The summed E-state index contributed by atoms with van der Waals surface area (Å²) >= 11 is 0. The van der Waals surface area contributed by atoms with Crippen LogP contribution in [0.3, 0.4) is 0 Å². The van der Waals surface area contributed by atoms with Crippen molar-refractivity contribution in [3.63, 3.8) is 0 Å². The van der Waals surface area contributed by atoms with Crippen molar-refractivity contribution in [2.45, 2.75) is 31.6 Å². The minimum Gasteiger partial charge on any atom is -0.468 e. The number of ether oxygens (including phenoxy) is 2. The lowest BCUT2D eigenvalue weighted by Crippen LogP contribution is -2.35. The standard InChI is InChI=1S/C17H20F2O3/c1-5-17(18,19)12-22-10-9-16(3,15(20)21-4)14-8-6-7-13(2)11-14/h1,6-8,11H,9-10,12H2,2-4H3. The Morgan fingerprint density at radius 1 is 1.41 bits per heavy atom. The van der Waals surface area contributed by atoms with Crippen LogP contribution in [0, 0.1) is 19.3 Å². The Labute approximate surface area is 129 Å². The van der Waals surface area contributed by atoms with Gasteiger partial charge in [-0.25, -0.2) is 0 Å². The van der Waals surface area contributed by atoms with E-state index in [1.807, 2.05) is 25.1 Å². The molecule has 0 radical (unpaired) electrons. The zero-order valence-electron chi connectivity index (χ0n) is 13.0. The molecular weight excluding hydrogens is 290 g/mol. The van der Waals surface area contributed by atoms with Crippen molar-refractivity contribution in [1.29, 1.82) is 0 Å². The molecule has 0 spiro atoms. The number of alkyl halides is 2. The van der Waals surface area contributed by atoms with E-state index in [1.54, 1.807) is 13.0 Å². The minimum absolute atomic E-state index is 0.0309. The molecule has 0 amide bonds. The quantitative estimate of drug-likeness (QED) is 0.441. The molecule has 0 bridgehead atoms. The van der Waals surface area contributed by atoms with Crippen LogP contribution >= 0.6 is 0 Å². The predicted molar refractivity (Wildman–Crippen MR) is 79.8 cm³/mol. The van der Waals surface area contributed by atoms with Crippen LogP contribution in [0.1, 0.15) is 24.5 Å². The first-order chi connectivity index (χ1) is 10.2. The molecule has 120 valence electrons. The van der Waals surface area contributed by atoms with E-state index in [0.717, 1.165) is 11.1 Å². The van der Waals surface area contributed by atoms with Crippen LogP contribution in [0.5, 0.6) is 0 Å². The van der Waals surface area contributed by atoms with Gasteiger partial charge in [0, 0.05) is 6.61 Å². The van der Waals surface area contributed by atoms with Gasteiger partial charge in [-0.05, 0) is 31.8 Å². The topological polar surface area (TPSA) is 35.5 Å². The third-order valence-electron chi connectivity index (χ3n) is 3.53. The maximum absolute atomic E-state index is 12.9. The lowest BCUT2D eigenvalue weighted by Gasteiger charge is -2.27. The Bertz CT molecular complexity index is 563.